The molecule has 0 saturated heterocycles. The fourth-order valence-corrected chi connectivity index (χ4v) is 24.6. The highest BCUT2D eigenvalue weighted by molar-refractivity contribution is 7.27. The molecule has 7 nitrogen and oxygen atoms in total. The fraction of sp³-hybridized carbons (Fsp3) is 0.104. The van der Waals surface area contributed by atoms with Gasteiger partial charge in [-0.3, -0.25) is 0 Å². The molecule has 0 atom stereocenters. The maximum Gasteiger partial charge on any atom is 0.233 e. The average Bonchev–Trinajstić information content (AvgIpc) is 1.61. The van der Waals surface area contributed by atoms with Crippen molar-refractivity contribution in [3.63, 3.8) is 0 Å². The molecule has 0 N–H and O–H groups in total. The zero-order chi connectivity index (χ0) is 89.1. The lowest BCUT2D eigenvalue weighted by atomic mass is 10.0. The van der Waals surface area contributed by atoms with E-state index in [0.29, 0.717) is 5.56 Å². The molecular weight excluding hydrogens is 1640 g/mol. The molecule has 12 heterocycles. The van der Waals surface area contributed by atoms with E-state index < -0.39 is 6.85 Å². The van der Waals surface area contributed by atoms with Crippen LogP contribution < -0.4 is 22.8 Å². The predicted molar refractivity (Wildman–Crippen MR) is 546 cm³/mol. The van der Waals surface area contributed by atoms with Gasteiger partial charge in [-0.15, -0.1) is 56.7 Å². The molecule has 0 unspecified atom stereocenters. The number of benzene rings is 13. The van der Waals surface area contributed by atoms with Crippen molar-refractivity contribution in [2.45, 2.75) is 48.4 Å². The van der Waals surface area contributed by atoms with Gasteiger partial charge in [0.2, 0.25) is 50.5 Å². The average molecular weight is 1740 g/mol. The van der Waals surface area contributed by atoms with Crippen LogP contribution in [-0.2, 0) is 35.2 Å². The molecule has 0 aliphatic carbocycles. The molecule has 12 heteroatoms. The molecule has 127 heavy (non-hydrogen) atoms. The summed E-state index contributed by atoms with van der Waals surface area (Å²) in [7, 11) is 10.7. The van der Waals surface area contributed by atoms with E-state index >= 15 is 0 Å². The minimum atomic E-state index is -2.09. The monoisotopic (exact) mass is 1730 g/mol. The minimum Gasteiger partial charge on any atom is -0.237 e. The summed E-state index contributed by atoms with van der Waals surface area (Å²) in [4.78, 5) is 12.0. The predicted octanol–water partition coefficient (Wildman–Crippen LogP) is 29.4. The standard InChI is InChI=1S/C24H20NS.C23H19N2S.2C23H18NS.C22H17N2S/c1-15-8-10-18(16(2)14-15)20-11-13-22-24(25(20)3)23-19-7-5-4-6-17(19)9-12-21(23)26-22;1-14-8-9-16-13-18-22-21(26-23(18)24-19(16)12-14)11-10-20(25(22)3)17-7-5-4-6-15(17)2;1-15-7-3-6-10-18(15)20-11-12-21-23(24(20)2)19-13-16-8-4-5-9-17(16)14-22(19)25-21;1-15-7-3-5-9-17(15)21-13-20-19-12-11-16-8-4-6-10-18(16)23(19)25-22(20)14-24(21)2;1-14-7-3-5-9-16(14)19-11-12-20-21(24(19)2)17-13-15-8-4-6-10-18(15)23-22(17)25-20/h4-14H,1-3H3;4-13H,1-3H3;2*3-14H,1-2H3;3-13H,1-2H3/q5*+1/i1D3;;;;. The van der Waals surface area contributed by atoms with Crippen molar-refractivity contribution in [1.29, 1.82) is 0 Å². The Hall–Kier alpha value is -13.7. The van der Waals surface area contributed by atoms with Crippen molar-refractivity contribution in [2.75, 3.05) is 0 Å². The van der Waals surface area contributed by atoms with Crippen molar-refractivity contribution in [1.82, 2.24) is 9.97 Å². The molecule has 612 valence electrons. The van der Waals surface area contributed by atoms with E-state index in [4.69, 9.17) is 14.1 Å². The number of rotatable bonds is 5. The lowest BCUT2D eigenvalue weighted by molar-refractivity contribution is -0.659. The summed E-state index contributed by atoms with van der Waals surface area (Å²) < 4.78 is 45.0. The molecule has 0 bridgehead atoms. The lowest BCUT2D eigenvalue weighted by Gasteiger charge is -2.07. The number of para-hydroxylation sites is 1. The summed E-state index contributed by atoms with van der Waals surface area (Å²) in [6.45, 7) is 10.7. The van der Waals surface area contributed by atoms with Crippen LogP contribution in [-0.4, -0.2) is 9.97 Å². The number of nitrogens with zero attached hydrogens (tertiary/aromatic N) is 7. The maximum absolute atomic E-state index is 7.67. The normalized spacial score (nSPS) is 12.1. The number of pyridine rings is 7. The van der Waals surface area contributed by atoms with Gasteiger partial charge in [0.15, 0.2) is 6.20 Å². The number of thiophene rings is 5. The first-order valence-electron chi connectivity index (χ1n) is 44.4. The summed E-state index contributed by atoms with van der Waals surface area (Å²) in [5.41, 5.74) is 27.3. The number of hydrogen-bond acceptors (Lipinski definition) is 7. The summed E-state index contributed by atoms with van der Waals surface area (Å²) in [5.74, 6) is 0. The van der Waals surface area contributed by atoms with E-state index in [1.54, 1.807) is 34.8 Å². The molecule has 0 spiro atoms. The van der Waals surface area contributed by atoms with Gasteiger partial charge in [-0.2, -0.15) is 22.8 Å². The lowest BCUT2D eigenvalue weighted by Crippen LogP contribution is -2.31. The number of aromatic nitrogens is 7. The molecule has 25 rings (SSSR count). The Morgan fingerprint density at radius 1 is 0.244 bits per heavy atom. The highest BCUT2D eigenvalue weighted by Crippen LogP contribution is 2.44. The molecule has 0 amide bonds. The van der Waals surface area contributed by atoms with E-state index in [1.807, 2.05) is 53.1 Å². The summed E-state index contributed by atoms with van der Waals surface area (Å²) in [5, 5.41) is 18.0. The Bertz CT molecular complexity index is 8660. The zero-order valence-corrected chi connectivity index (χ0v) is 76.6. The van der Waals surface area contributed by atoms with E-state index in [0.717, 1.165) is 37.5 Å². The van der Waals surface area contributed by atoms with Gasteiger partial charge < -0.3 is 0 Å². The van der Waals surface area contributed by atoms with Gasteiger partial charge in [-0.05, 0) is 211 Å². The van der Waals surface area contributed by atoms with E-state index in [-0.39, 0.29) is 0 Å². The van der Waals surface area contributed by atoms with Crippen LogP contribution in [0.15, 0.2) is 340 Å². The van der Waals surface area contributed by atoms with Crippen LogP contribution in [0.25, 0.3) is 212 Å². The third kappa shape index (κ3) is 14.6. The van der Waals surface area contributed by atoms with Crippen molar-refractivity contribution in [2.24, 2.45) is 35.2 Å². The molecule has 0 aliphatic heterocycles. The second kappa shape index (κ2) is 33.0. The molecule has 12 aromatic heterocycles. The SMILES string of the molecule is Cc1ccc2cc3c(nc2c1)sc1ccc(-c2ccccc2C)[n+](C)c13.Cc1ccccc1-c1cc2c(c[n+]1C)sc1c3ccccc3ccc21.Cc1ccccc1-c1ccc2sc3cc4ccccc4cc3c2[n+]1C.Cc1ccccc1-c1ccc2sc3nc4ccccc4cc3c2[n+]1C.[2H]C([2H])([2H])c1ccc(-c2ccc3sc4ccc5ccccc5c4c3[n+]2C)c(C)c1. The quantitative estimate of drug-likeness (QED) is 0.161. The largest absolute Gasteiger partial charge is 0.237 e. The van der Waals surface area contributed by atoms with Crippen molar-refractivity contribution < 1.29 is 26.9 Å². The summed E-state index contributed by atoms with van der Waals surface area (Å²) in [6.07, 6.45) is 2.27. The summed E-state index contributed by atoms with van der Waals surface area (Å²) in [6, 6.07) is 119. The Morgan fingerprint density at radius 2 is 0.654 bits per heavy atom. The van der Waals surface area contributed by atoms with Crippen LogP contribution in [0.4, 0.5) is 0 Å². The molecule has 0 saturated carbocycles. The van der Waals surface area contributed by atoms with Crippen LogP contribution in [0, 0.1) is 48.4 Å². The number of fused-ring (bicyclic) bond motifs is 22. The topological polar surface area (TPSA) is 45.2 Å². The van der Waals surface area contributed by atoms with Gasteiger partial charge in [0.1, 0.15) is 63.7 Å². The second-order valence-electron chi connectivity index (χ2n) is 33.4. The van der Waals surface area contributed by atoms with Crippen LogP contribution in [0.5, 0.6) is 0 Å². The minimum absolute atomic E-state index is 0.384. The van der Waals surface area contributed by atoms with Gasteiger partial charge in [0.25, 0.3) is 0 Å². The van der Waals surface area contributed by atoms with Crippen LogP contribution in [0.3, 0.4) is 0 Å². The third-order valence-electron chi connectivity index (χ3n) is 25.3. The molecule has 25 aromatic rings. The highest BCUT2D eigenvalue weighted by atomic mass is 32.1. The smallest absolute Gasteiger partial charge is 0.233 e. The van der Waals surface area contributed by atoms with Crippen LogP contribution >= 0.6 is 56.7 Å². The van der Waals surface area contributed by atoms with E-state index in [1.165, 1.54) is 208 Å². The number of hydrogen-bond donors (Lipinski definition) is 0. The highest BCUT2D eigenvalue weighted by Gasteiger charge is 2.28. The Balaban J connectivity index is 0.0000000984. The van der Waals surface area contributed by atoms with E-state index in [2.05, 4.69) is 408 Å². The van der Waals surface area contributed by atoms with Gasteiger partial charge >= 0.3 is 0 Å². The third-order valence-corrected chi connectivity index (χ3v) is 30.8. The van der Waals surface area contributed by atoms with Crippen LogP contribution in [0.1, 0.15) is 43.1 Å². The van der Waals surface area contributed by atoms with Gasteiger partial charge in [0, 0.05) is 97.9 Å². The second-order valence-corrected chi connectivity index (χ2v) is 38.7. The fourth-order valence-electron chi connectivity index (χ4n) is 18.8. The summed E-state index contributed by atoms with van der Waals surface area (Å²) >= 11 is 9.12. The van der Waals surface area contributed by atoms with Crippen molar-refractivity contribution in [3.05, 3.63) is 379 Å². The van der Waals surface area contributed by atoms with Gasteiger partial charge in [0.05, 0.1) is 37.3 Å². The maximum atomic E-state index is 7.67. The molecule has 13 aromatic carbocycles. The first-order chi connectivity index (χ1) is 63.1. The molecular formula is C115H92N7S5+5. The Kier molecular flexibility index (Phi) is 20.0. The molecule has 0 aliphatic rings. The zero-order valence-electron chi connectivity index (χ0n) is 75.5. The Morgan fingerprint density at radius 3 is 1.22 bits per heavy atom. The van der Waals surface area contributed by atoms with E-state index in [9.17, 15) is 0 Å². The van der Waals surface area contributed by atoms with Crippen molar-refractivity contribution in [3.8, 4) is 56.3 Å². The molecule has 0 fully saturated rings. The first-order valence-corrected chi connectivity index (χ1v) is 47.0. The van der Waals surface area contributed by atoms with Gasteiger partial charge in [-0.1, -0.05) is 212 Å². The molecule has 0 radical (unpaired) electrons. The Labute approximate surface area is 762 Å². The first kappa shape index (κ1) is 76.9. The number of aryl methyl sites for hydroxylation is 12. The van der Waals surface area contributed by atoms with Gasteiger partial charge in [-0.25, -0.2) is 9.97 Å². The van der Waals surface area contributed by atoms with Crippen LogP contribution in [0.2, 0.25) is 0 Å². The van der Waals surface area contributed by atoms with Crippen molar-refractivity contribution >= 4 is 212 Å².